The molecule has 3 rings (SSSR count). The summed E-state index contributed by atoms with van der Waals surface area (Å²) in [5.41, 5.74) is 4.39. The van der Waals surface area contributed by atoms with Crippen LogP contribution in [0.15, 0.2) is 41.3 Å². The van der Waals surface area contributed by atoms with Crippen LogP contribution in [0.2, 0.25) is 0 Å². The molecule has 0 aromatic carbocycles. The third-order valence-corrected chi connectivity index (χ3v) is 3.33. The number of anilines is 2. The molecule has 0 bridgehead atoms. The van der Waals surface area contributed by atoms with Gasteiger partial charge in [-0.25, -0.2) is 4.98 Å². The molecular formula is C20H28N4O2. The first-order valence-corrected chi connectivity index (χ1v) is 8.56. The number of hydrogen-bond donors (Lipinski definition) is 1. The lowest BCUT2D eigenvalue weighted by molar-refractivity contribution is 0.393. The normalized spacial score (nSPS) is 10.3. The maximum Gasteiger partial charge on any atom is 0.237 e. The lowest BCUT2D eigenvalue weighted by Gasteiger charge is -2.11. The van der Waals surface area contributed by atoms with Gasteiger partial charge in [0.2, 0.25) is 5.88 Å². The third-order valence-electron chi connectivity index (χ3n) is 3.33. The molecule has 0 aliphatic carbocycles. The van der Waals surface area contributed by atoms with Crippen LogP contribution in [0.1, 0.15) is 33.7 Å². The van der Waals surface area contributed by atoms with E-state index in [-0.39, 0.29) is 1.43 Å². The molecule has 0 saturated heterocycles. The lowest BCUT2D eigenvalue weighted by atomic mass is 10.1. The molecule has 3 aromatic rings. The van der Waals surface area contributed by atoms with E-state index < -0.39 is 0 Å². The lowest BCUT2D eigenvalue weighted by Crippen LogP contribution is -1.98. The number of nitrogens with one attached hydrogen (secondary N) is 1. The molecule has 0 aliphatic rings. The minimum absolute atomic E-state index is 0. The van der Waals surface area contributed by atoms with Gasteiger partial charge in [-0.05, 0) is 38.0 Å². The van der Waals surface area contributed by atoms with Crippen molar-refractivity contribution in [3.63, 3.8) is 0 Å². The molecule has 26 heavy (non-hydrogen) atoms. The van der Waals surface area contributed by atoms with Crippen LogP contribution in [-0.2, 0) is 0 Å². The summed E-state index contributed by atoms with van der Waals surface area (Å²) in [5.74, 6) is 2.12. The Labute approximate surface area is 156 Å². The zero-order valence-electron chi connectivity index (χ0n) is 16.2. The average Bonchev–Trinajstić information content (AvgIpc) is 2.94. The van der Waals surface area contributed by atoms with Crippen molar-refractivity contribution < 1.29 is 10.7 Å². The first-order valence-electron chi connectivity index (χ1n) is 8.56. The Morgan fingerprint density at radius 2 is 1.81 bits per heavy atom. The maximum atomic E-state index is 5.32. The second-order valence-electron chi connectivity index (χ2n) is 6.57. The first kappa shape index (κ1) is 19.4. The SMILES string of the molecule is CC(C)C.COc1ncc(-c2c(C)noc2C)cc1Nc1ccncc1.[HH]. The summed E-state index contributed by atoms with van der Waals surface area (Å²) < 4.78 is 10.5. The molecule has 0 saturated carbocycles. The van der Waals surface area contributed by atoms with Gasteiger partial charge in [0.1, 0.15) is 11.4 Å². The van der Waals surface area contributed by atoms with Crippen molar-refractivity contribution in [3.8, 4) is 17.0 Å². The number of rotatable bonds is 4. The van der Waals surface area contributed by atoms with Crippen molar-refractivity contribution >= 4 is 11.4 Å². The molecule has 0 unspecified atom stereocenters. The molecule has 0 aliphatic heterocycles. The zero-order valence-corrected chi connectivity index (χ0v) is 16.2. The molecular weight excluding hydrogens is 328 g/mol. The number of ether oxygens (including phenoxy) is 1. The highest BCUT2D eigenvalue weighted by molar-refractivity contribution is 5.74. The Morgan fingerprint density at radius 3 is 2.35 bits per heavy atom. The highest BCUT2D eigenvalue weighted by atomic mass is 16.5. The summed E-state index contributed by atoms with van der Waals surface area (Å²) >= 11 is 0. The van der Waals surface area contributed by atoms with Crippen molar-refractivity contribution in [2.75, 3.05) is 12.4 Å². The molecule has 0 atom stereocenters. The summed E-state index contributed by atoms with van der Waals surface area (Å²) in [7, 11) is 1.59. The molecule has 140 valence electrons. The van der Waals surface area contributed by atoms with Crippen LogP contribution >= 0.6 is 0 Å². The number of aryl methyl sites for hydroxylation is 2. The van der Waals surface area contributed by atoms with Crippen molar-refractivity contribution in [2.45, 2.75) is 34.6 Å². The Hall–Kier alpha value is -2.89. The molecule has 3 heterocycles. The summed E-state index contributed by atoms with van der Waals surface area (Å²) in [5, 5.41) is 7.27. The summed E-state index contributed by atoms with van der Waals surface area (Å²) in [6.07, 6.45) is 5.20. The highest BCUT2D eigenvalue weighted by Gasteiger charge is 2.14. The van der Waals surface area contributed by atoms with Gasteiger partial charge in [0, 0.05) is 36.8 Å². The standard InChI is InChI=1S/C16H16N4O2.C4H10.H2/c1-10-15(11(2)22-20-10)12-8-14(16(21-3)18-9-12)19-13-4-6-17-7-5-13;1-4(2)3;/h4-9H,1-3H3,(H,17,19);4H,1-3H3;1H. The van der Waals surface area contributed by atoms with E-state index in [1.807, 2.05) is 32.0 Å². The van der Waals surface area contributed by atoms with E-state index in [2.05, 4.69) is 41.2 Å². The van der Waals surface area contributed by atoms with Gasteiger partial charge in [-0.1, -0.05) is 25.9 Å². The van der Waals surface area contributed by atoms with E-state index in [0.29, 0.717) is 5.88 Å². The van der Waals surface area contributed by atoms with E-state index in [0.717, 1.165) is 39.9 Å². The smallest absolute Gasteiger partial charge is 0.237 e. The van der Waals surface area contributed by atoms with E-state index in [1.165, 1.54) is 0 Å². The Kier molecular flexibility index (Phi) is 6.72. The van der Waals surface area contributed by atoms with E-state index >= 15 is 0 Å². The van der Waals surface area contributed by atoms with Crippen LogP contribution in [-0.4, -0.2) is 22.2 Å². The average molecular weight is 356 g/mol. The van der Waals surface area contributed by atoms with Gasteiger partial charge >= 0.3 is 0 Å². The van der Waals surface area contributed by atoms with Crippen LogP contribution in [0.25, 0.3) is 11.1 Å². The Bertz CT molecular complexity index is 813. The van der Waals surface area contributed by atoms with Crippen molar-refractivity contribution in [2.24, 2.45) is 5.92 Å². The van der Waals surface area contributed by atoms with Crippen molar-refractivity contribution in [1.29, 1.82) is 0 Å². The third kappa shape index (κ3) is 5.05. The second-order valence-corrected chi connectivity index (χ2v) is 6.57. The summed E-state index contributed by atoms with van der Waals surface area (Å²) in [6.45, 7) is 10.3. The molecule has 0 amide bonds. The van der Waals surface area contributed by atoms with Gasteiger partial charge < -0.3 is 14.6 Å². The van der Waals surface area contributed by atoms with Crippen molar-refractivity contribution in [3.05, 3.63) is 48.2 Å². The number of pyridine rings is 2. The van der Waals surface area contributed by atoms with Gasteiger partial charge in [0.05, 0.1) is 12.8 Å². The van der Waals surface area contributed by atoms with Crippen LogP contribution < -0.4 is 10.1 Å². The molecule has 1 N–H and O–H groups in total. The minimum Gasteiger partial charge on any atom is -0.480 e. The molecule has 0 fully saturated rings. The predicted octanol–water partition coefficient (Wildman–Crippen LogP) is 5.41. The number of aromatic nitrogens is 3. The molecule has 0 spiro atoms. The molecule has 6 nitrogen and oxygen atoms in total. The van der Waals surface area contributed by atoms with Gasteiger partial charge in [0.15, 0.2) is 0 Å². The Balaban J connectivity index is 0.000000666. The largest absolute Gasteiger partial charge is 0.480 e. The second kappa shape index (κ2) is 8.99. The fourth-order valence-electron chi connectivity index (χ4n) is 2.33. The fraction of sp³-hybridized carbons (Fsp3) is 0.350. The van der Waals surface area contributed by atoms with Gasteiger partial charge in [0.25, 0.3) is 0 Å². The molecule has 3 aromatic heterocycles. The summed E-state index contributed by atoms with van der Waals surface area (Å²) in [4.78, 5) is 8.37. The van der Waals surface area contributed by atoms with Crippen LogP contribution in [0.4, 0.5) is 11.4 Å². The highest BCUT2D eigenvalue weighted by Crippen LogP contribution is 2.33. The van der Waals surface area contributed by atoms with Gasteiger partial charge in [-0.2, -0.15) is 0 Å². The van der Waals surface area contributed by atoms with Crippen LogP contribution in [0.5, 0.6) is 5.88 Å². The fourth-order valence-corrected chi connectivity index (χ4v) is 2.33. The zero-order chi connectivity index (χ0) is 19.1. The topological polar surface area (TPSA) is 73.1 Å². The van der Waals surface area contributed by atoms with Crippen LogP contribution in [0.3, 0.4) is 0 Å². The van der Waals surface area contributed by atoms with Crippen LogP contribution in [0, 0.1) is 19.8 Å². The van der Waals surface area contributed by atoms with Gasteiger partial charge in [-0.15, -0.1) is 0 Å². The number of hydrogen-bond acceptors (Lipinski definition) is 6. The predicted molar refractivity (Wildman–Crippen MR) is 106 cm³/mol. The molecule has 6 heteroatoms. The molecule has 0 radical (unpaired) electrons. The quantitative estimate of drug-likeness (QED) is 0.674. The summed E-state index contributed by atoms with van der Waals surface area (Å²) in [6, 6.07) is 5.73. The van der Waals surface area contributed by atoms with E-state index in [9.17, 15) is 0 Å². The number of nitrogens with zero attached hydrogens (tertiary/aromatic N) is 3. The van der Waals surface area contributed by atoms with E-state index in [4.69, 9.17) is 9.26 Å². The Morgan fingerprint density at radius 1 is 1.15 bits per heavy atom. The van der Waals surface area contributed by atoms with E-state index in [1.54, 1.807) is 25.7 Å². The minimum atomic E-state index is 0. The number of methoxy groups -OCH3 is 1. The first-order chi connectivity index (χ1) is 12.4. The van der Waals surface area contributed by atoms with Crippen molar-refractivity contribution in [1.82, 2.24) is 15.1 Å². The van der Waals surface area contributed by atoms with Gasteiger partial charge in [-0.3, -0.25) is 4.98 Å². The maximum absolute atomic E-state index is 5.32. The monoisotopic (exact) mass is 356 g/mol.